The number of benzene rings is 1. The van der Waals surface area contributed by atoms with Gasteiger partial charge in [-0.1, -0.05) is 33.6 Å². The fourth-order valence-corrected chi connectivity index (χ4v) is 2.81. The third-order valence-corrected chi connectivity index (χ3v) is 3.89. The van der Waals surface area contributed by atoms with Crippen molar-refractivity contribution >= 4 is 33.4 Å². The zero-order valence-corrected chi connectivity index (χ0v) is 12.8. The molecule has 0 unspecified atom stereocenters. The molecule has 104 valence electrons. The largest absolute Gasteiger partial charge is 0.336 e. The summed E-state index contributed by atoms with van der Waals surface area (Å²) in [6.45, 7) is 3.85. The lowest BCUT2D eigenvalue weighted by Gasteiger charge is -2.34. The molecule has 1 fully saturated rings. The van der Waals surface area contributed by atoms with Gasteiger partial charge in [-0.25, -0.2) is 4.39 Å². The first-order valence-corrected chi connectivity index (χ1v) is 7.65. The van der Waals surface area contributed by atoms with Gasteiger partial charge in [-0.05, 0) is 12.1 Å². The summed E-state index contributed by atoms with van der Waals surface area (Å²) in [5.41, 5.74) is 0.0569. The van der Waals surface area contributed by atoms with Crippen LogP contribution in [0.25, 0.3) is 0 Å². The molecule has 1 saturated heterocycles. The number of hydrogen-bond acceptors (Lipinski definition) is 2. The molecule has 6 heteroatoms. The minimum absolute atomic E-state index is 0.0104. The van der Waals surface area contributed by atoms with E-state index in [1.165, 1.54) is 12.1 Å². The molecule has 0 bridgehead atoms. The molecule has 0 N–H and O–H groups in total. The SMILES string of the molecule is O=C(c1cccc(Cl)c1F)N1CCN(CCBr)CC1. The van der Waals surface area contributed by atoms with Crippen molar-refractivity contribution in [1.82, 2.24) is 9.80 Å². The third-order valence-electron chi connectivity index (χ3n) is 3.24. The smallest absolute Gasteiger partial charge is 0.256 e. The number of alkyl halides is 1. The van der Waals surface area contributed by atoms with Crippen molar-refractivity contribution < 1.29 is 9.18 Å². The summed E-state index contributed by atoms with van der Waals surface area (Å²) in [5, 5.41) is 0.910. The van der Waals surface area contributed by atoms with E-state index in [9.17, 15) is 9.18 Å². The molecule has 0 atom stereocenters. The number of carbonyl (C=O) groups excluding carboxylic acids is 1. The monoisotopic (exact) mass is 348 g/mol. The van der Waals surface area contributed by atoms with Crippen LogP contribution in [-0.4, -0.2) is 53.8 Å². The van der Waals surface area contributed by atoms with Gasteiger partial charge in [-0.15, -0.1) is 0 Å². The van der Waals surface area contributed by atoms with Crippen LogP contribution in [0.2, 0.25) is 5.02 Å². The van der Waals surface area contributed by atoms with Gasteiger partial charge in [0.1, 0.15) is 0 Å². The van der Waals surface area contributed by atoms with Crippen LogP contribution in [0.15, 0.2) is 18.2 Å². The third kappa shape index (κ3) is 3.46. The quantitative estimate of drug-likeness (QED) is 0.783. The summed E-state index contributed by atoms with van der Waals surface area (Å²) in [4.78, 5) is 16.2. The van der Waals surface area contributed by atoms with Crippen molar-refractivity contribution in [2.45, 2.75) is 0 Å². The molecule has 1 aromatic rings. The minimum atomic E-state index is -0.628. The molecule has 0 aliphatic carbocycles. The Hall–Kier alpha value is -0.650. The number of carbonyl (C=O) groups is 1. The Morgan fingerprint density at radius 1 is 1.32 bits per heavy atom. The summed E-state index contributed by atoms with van der Waals surface area (Å²) in [6.07, 6.45) is 0. The lowest BCUT2D eigenvalue weighted by atomic mass is 10.1. The van der Waals surface area contributed by atoms with E-state index in [2.05, 4.69) is 20.8 Å². The van der Waals surface area contributed by atoms with Gasteiger partial charge in [0.05, 0.1) is 10.6 Å². The molecule has 1 amide bonds. The first-order chi connectivity index (χ1) is 9.13. The molecule has 0 radical (unpaired) electrons. The maximum absolute atomic E-state index is 13.8. The summed E-state index contributed by atoms with van der Waals surface area (Å²) in [7, 11) is 0. The molecule has 19 heavy (non-hydrogen) atoms. The normalized spacial score (nSPS) is 16.7. The van der Waals surface area contributed by atoms with Crippen molar-refractivity contribution in [2.24, 2.45) is 0 Å². The topological polar surface area (TPSA) is 23.6 Å². The van der Waals surface area contributed by atoms with Crippen molar-refractivity contribution in [3.63, 3.8) is 0 Å². The van der Waals surface area contributed by atoms with E-state index in [-0.39, 0.29) is 16.5 Å². The Balaban J connectivity index is 2.03. The molecule has 0 saturated carbocycles. The van der Waals surface area contributed by atoms with Gasteiger partial charge in [0.15, 0.2) is 5.82 Å². The van der Waals surface area contributed by atoms with Gasteiger partial charge >= 0.3 is 0 Å². The van der Waals surface area contributed by atoms with E-state index in [0.717, 1.165) is 25.0 Å². The number of nitrogens with zero attached hydrogens (tertiary/aromatic N) is 2. The van der Waals surface area contributed by atoms with E-state index in [1.54, 1.807) is 11.0 Å². The van der Waals surface area contributed by atoms with Crippen LogP contribution in [0.3, 0.4) is 0 Å². The molecule has 1 aliphatic rings. The van der Waals surface area contributed by atoms with Crippen molar-refractivity contribution in [1.29, 1.82) is 0 Å². The zero-order chi connectivity index (χ0) is 13.8. The Morgan fingerprint density at radius 2 is 2.00 bits per heavy atom. The average molecular weight is 350 g/mol. The second-order valence-corrected chi connectivity index (χ2v) is 5.62. The Kier molecular flexibility index (Phi) is 5.19. The van der Waals surface area contributed by atoms with Crippen LogP contribution in [0, 0.1) is 5.82 Å². The number of halogens is 3. The van der Waals surface area contributed by atoms with Gasteiger partial charge in [0.25, 0.3) is 5.91 Å². The second kappa shape index (κ2) is 6.68. The first kappa shape index (κ1) is 14.8. The van der Waals surface area contributed by atoms with Crippen LogP contribution in [0.5, 0.6) is 0 Å². The van der Waals surface area contributed by atoms with E-state index < -0.39 is 5.82 Å². The van der Waals surface area contributed by atoms with Gasteiger partial charge in [-0.3, -0.25) is 9.69 Å². The number of rotatable bonds is 3. The van der Waals surface area contributed by atoms with Crippen LogP contribution < -0.4 is 0 Å². The molecule has 3 nitrogen and oxygen atoms in total. The average Bonchev–Trinajstić information content (AvgIpc) is 2.42. The summed E-state index contributed by atoms with van der Waals surface area (Å²) in [6, 6.07) is 4.52. The number of amides is 1. The van der Waals surface area contributed by atoms with Crippen molar-refractivity contribution in [3.05, 3.63) is 34.6 Å². The lowest BCUT2D eigenvalue weighted by Crippen LogP contribution is -2.49. The van der Waals surface area contributed by atoms with Crippen LogP contribution in [-0.2, 0) is 0 Å². The van der Waals surface area contributed by atoms with E-state index in [0.29, 0.717) is 13.1 Å². The van der Waals surface area contributed by atoms with Crippen molar-refractivity contribution in [3.8, 4) is 0 Å². The van der Waals surface area contributed by atoms with E-state index in [1.807, 2.05) is 0 Å². The minimum Gasteiger partial charge on any atom is -0.336 e. The van der Waals surface area contributed by atoms with Crippen LogP contribution in [0.1, 0.15) is 10.4 Å². The fraction of sp³-hybridized carbons (Fsp3) is 0.462. The predicted molar refractivity (Wildman–Crippen MR) is 77.5 cm³/mol. The summed E-state index contributed by atoms with van der Waals surface area (Å²) >= 11 is 9.10. The first-order valence-electron chi connectivity index (χ1n) is 6.15. The molecule has 2 rings (SSSR count). The fourth-order valence-electron chi connectivity index (χ4n) is 2.13. The Morgan fingerprint density at radius 3 is 2.63 bits per heavy atom. The maximum Gasteiger partial charge on any atom is 0.256 e. The second-order valence-electron chi connectivity index (χ2n) is 4.42. The highest BCUT2D eigenvalue weighted by Crippen LogP contribution is 2.19. The molecule has 1 aliphatic heterocycles. The Labute approximate surface area is 125 Å². The highest BCUT2D eigenvalue weighted by molar-refractivity contribution is 9.09. The lowest BCUT2D eigenvalue weighted by molar-refractivity contribution is 0.0640. The van der Waals surface area contributed by atoms with Crippen LogP contribution >= 0.6 is 27.5 Å². The molecule has 1 aromatic carbocycles. The highest BCUT2D eigenvalue weighted by Gasteiger charge is 2.24. The van der Waals surface area contributed by atoms with E-state index >= 15 is 0 Å². The van der Waals surface area contributed by atoms with Gasteiger partial charge in [0, 0.05) is 38.1 Å². The van der Waals surface area contributed by atoms with Gasteiger partial charge in [-0.2, -0.15) is 0 Å². The van der Waals surface area contributed by atoms with Gasteiger partial charge in [0.2, 0.25) is 0 Å². The number of piperazine rings is 1. The van der Waals surface area contributed by atoms with Gasteiger partial charge < -0.3 is 4.90 Å². The number of hydrogen-bond donors (Lipinski definition) is 0. The highest BCUT2D eigenvalue weighted by atomic mass is 79.9. The molecule has 0 aromatic heterocycles. The zero-order valence-electron chi connectivity index (χ0n) is 10.4. The van der Waals surface area contributed by atoms with Crippen molar-refractivity contribution in [2.75, 3.05) is 38.1 Å². The van der Waals surface area contributed by atoms with E-state index in [4.69, 9.17) is 11.6 Å². The maximum atomic E-state index is 13.8. The predicted octanol–water partition coefficient (Wildman–Crippen LogP) is 2.63. The Bertz CT molecular complexity index is 464. The molecular weight excluding hydrogens is 335 g/mol. The summed E-state index contributed by atoms with van der Waals surface area (Å²) < 4.78 is 13.8. The van der Waals surface area contributed by atoms with Crippen LogP contribution in [0.4, 0.5) is 4.39 Å². The molecule has 1 heterocycles. The molecular formula is C13H15BrClFN2O. The standard InChI is InChI=1S/C13H15BrClFN2O/c14-4-5-17-6-8-18(9-7-17)13(19)10-2-1-3-11(15)12(10)16/h1-3H,4-9H2. The molecule has 0 spiro atoms. The summed E-state index contributed by atoms with van der Waals surface area (Å²) in [5.74, 6) is -0.907.